The molecule has 2 saturated heterocycles. The standard InChI is InChI=1S/C30H33FN4O4/c1-18-24(5-4-6-26(18)38-2)30(37)34-21-14-22-9-10-23(15-21)35(22)28-12-8-20(17-32-28)29(36)33-16-19-7-11-27(39-3)25(31)13-19/h4-8,11-13,17,21-23H,9-10,14-16H2,1-3H3,(H,33,36)(H,34,37)/t21-,22+,23-. The summed E-state index contributed by atoms with van der Waals surface area (Å²) in [6.07, 6.45) is 5.34. The lowest BCUT2D eigenvalue weighted by Gasteiger charge is -2.40. The Bertz CT molecular complexity index is 1350. The molecule has 204 valence electrons. The maximum Gasteiger partial charge on any atom is 0.253 e. The van der Waals surface area contributed by atoms with Gasteiger partial charge in [0.1, 0.15) is 11.6 Å². The van der Waals surface area contributed by atoms with Gasteiger partial charge < -0.3 is 25.0 Å². The first-order valence-electron chi connectivity index (χ1n) is 13.2. The lowest BCUT2D eigenvalue weighted by atomic mass is 9.96. The molecule has 2 aromatic carbocycles. The van der Waals surface area contributed by atoms with Crippen molar-refractivity contribution in [1.29, 1.82) is 0 Å². The van der Waals surface area contributed by atoms with Crippen LogP contribution in [0.5, 0.6) is 11.5 Å². The molecule has 2 amide bonds. The molecule has 3 atom stereocenters. The smallest absolute Gasteiger partial charge is 0.253 e. The van der Waals surface area contributed by atoms with Crippen LogP contribution in [-0.2, 0) is 6.54 Å². The van der Waals surface area contributed by atoms with Crippen LogP contribution in [0.4, 0.5) is 10.2 Å². The number of fused-ring (bicyclic) bond motifs is 2. The highest BCUT2D eigenvalue weighted by Gasteiger charge is 2.42. The number of carbonyl (C=O) groups is 2. The first kappa shape index (κ1) is 26.5. The van der Waals surface area contributed by atoms with Crippen molar-refractivity contribution in [2.45, 2.75) is 57.3 Å². The summed E-state index contributed by atoms with van der Waals surface area (Å²) in [7, 11) is 3.02. The number of halogens is 1. The Morgan fingerprint density at radius 2 is 1.74 bits per heavy atom. The van der Waals surface area contributed by atoms with Gasteiger partial charge in [0, 0.05) is 42.0 Å². The highest BCUT2D eigenvalue weighted by Crippen LogP contribution is 2.38. The third kappa shape index (κ3) is 5.53. The van der Waals surface area contributed by atoms with Crippen molar-refractivity contribution in [3.8, 4) is 11.5 Å². The maximum atomic E-state index is 13.9. The van der Waals surface area contributed by atoms with Crippen LogP contribution in [0.2, 0.25) is 0 Å². The number of hydrogen-bond acceptors (Lipinski definition) is 6. The molecule has 8 nitrogen and oxygen atoms in total. The summed E-state index contributed by atoms with van der Waals surface area (Å²) < 4.78 is 24.2. The van der Waals surface area contributed by atoms with Gasteiger partial charge in [-0.25, -0.2) is 9.37 Å². The second-order valence-corrected chi connectivity index (χ2v) is 10.1. The lowest BCUT2D eigenvalue weighted by molar-refractivity contribution is 0.0923. The molecular formula is C30H33FN4O4. The molecule has 3 heterocycles. The second-order valence-electron chi connectivity index (χ2n) is 10.1. The van der Waals surface area contributed by atoms with E-state index in [4.69, 9.17) is 9.47 Å². The number of nitrogens with one attached hydrogen (secondary N) is 2. The summed E-state index contributed by atoms with van der Waals surface area (Å²) >= 11 is 0. The number of benzene rings is 2. The average Bonchev–Trinajstić information content (AvgIpc) is 3.21. The van der Waals surface area contributed by atoms with Gasteiger partial charge in [0.15, 0.2) is 11.6 Å². The van der Waals surface area contributed by atoms with E-state index in [1.165, 1.54) is 19.2 Å². The topological polar surface area (TPSA) is 92.8 Å². The van der Waals surface area contributed by atoms with Crippen LogP contribution in [-0.4, -0.2) is 49.1 Å². The minimum atomic E-state index is -0.469. The molecule has 2 N–H and O–H groups in total. The van der Waals surface area contributed by atoms with E-state index in [-0.39, 0.29) is 42.2 Å². The number of ether oxygens (including phenoxy) is 2. The van der Waals surface area contributed by atoms with Crippen LogP contribution in [0.25, 0.3) is 0 Å². The summed E-state index contributed by atoms with van der Waals surface area (Å²) in [6.45, 7) is 2.09. The Morgan fingerprint density at radius 1 is 1.00 bits per heavy atom. The Labute approximate surface area is 227 Å². The van der Waals surface area contributed by atoms with E-state index < -0.39 is 5.82 Å². The van der Waals surface area contributed by atoms with Crippen LogP contribution >= 0.6 is 0 Å². The predicted molar refractivity (Wildman–Crippen MR) is 146 cm³/mol. The molecule has 0 aliphatic carbocycles. The molecule has 0 spiro atoms. The highest BCUT2D eigenvalue weighted by molar-refractivity contribution is 5.96. The molecule has 0 radical (unpaired) electrons. The quantitative estimate of drug-likeness (QED) is 0.447. The van der Waals surface area contributed by atoms with Crippen molar-refractivity contribution in [1.82, 2.24) is 15.6 Å². The number of methoxy groups -OCH3 is 2. The molecule has 3 aromatic rings. The van der Waals surface area contributed by atoms with E-state index in [0.29, 0.717) is 22.4 Å². The maximum absolute atomic E-state index is 13.9. The third-order valence-corrected chi connectivity index (χ3v) is 7.76. The van der Waals surface area contributed by atoms with Crippen LogP contribution < -0.4 is 25.0 Å². The van der Waals surface area contributed by atoms with Gasteiger partial charge in [0.05, 0.1) is 19.8 Å². The Kier molecular flexibility index (Phi) is 7.67. The summed E-state index contributed by atoms with van der Waals surface area (Å²) in [5.74, 6) is 0.888. The van der Waals surface area contributed by atoms with Gasteiger partial charge in [-0.05, 0) is 74.6 Å². The van der Waals surface area contributed by atoms with Gasteiger partial charge in [0.25, 0.3) is 11.8 Å². The zero-order chi connectivity index (χ0) is 27.5. The number of amides is 2. The minimum absolute atomic E-state index is 0.0740. The minimum Gasteiger partial charge on any atom is -0.496 e. The molecule has 2 bridgehead atoms. The van der Waals surface area contributed by atoms with Gasteiger partial charge in [-0.1, -0.05) is 12.1 Å². The van der Waals surface area contributed by atoms with Crippen LogP contribution in [0.3, 0.4) is 0 Å². The number of pyridine rings is 1. The molecule has 2 aliphatic rings. The zero-order valence-electron chi connectivity index (χ0n) is 22.4. The summed E-state index contributed by atoms with van der Waals surface area (Å²) in [5, 5.41) is 6.05. The van der Waals surface area contributed by atoms with E-state index in [2.05, 4.69) is 20.5 Å². The first-order valence-corrected chi connectivity index (χ1v) is 13.2. The van der Waals surface area contributed by atoms with Gasteiger partial charge >= 0.3 is 0 Å². The molecule has 0 saturated carbocycles. The average molecular weight is 533 g/mol. The number of hydrogen-bond donors (Lipinski definition) is 2. The monoisotopic (exact) mass is 532 g/mol. The van der Waals surface area contributed by atoms with Crippen molar-refractivity contribution in [3.05, 3.63) is 82.8 Å². The van der Waals surface area contributed by atoms with Crippen molar-refractivity contribution in [3.63, 3.8) is 0 Å². The second kappa shape index (κ2) is 11.3. The fourth-order valence-corrected chi connectivity index (χ4v) is 5.79. The SMILES string of the molecule is COc1ccc(CNC(=O)c2ccc(N3[C@@H]4CC[C@H]3C[C@@H](NC(=O)c3cccc(OC)c3C)C4)nc2)cc1F. The van der Waals surface area contributed by atoms with Gasteiger partial charge in [-0.2, -0.15) is 0 Å². The molecule has 39 heavy (non-hydrogen) atoms. The van der Waals surface area contributed by atoms with Crippen molar-refractivity contribution < 1.29 is 23.5 Å². The summed E-state index contributed by atoms with van der Waals surface area (Å²) in [4.78, 5) is 32.6. The lowest BCUT2D eigenvalue weighted by Crippen LogP contribution is -2.50. The largest absolute Gasteiger partial charge is 0.496 e. The number of aromatic nitrogens is 1. The zero-order valence-corrected chi connectivity index (χ0v) is 22.4. The fraction of sp³-hybridized carbons (Fsp3) is 0.367. The highest BCUT2D eigenvalue weighted by atomic mass is 19.1. The number of anilines is 1. The number of piperidine rings is 1. The van der Waals surface area contributed by atoms with E-state index >= 15 is 0 Å². The number of rotatable bonds is 8. The van der Waals surface area contributed by atoms with Crippen molar-refractivity contribution >= 4 is 17.6 Å². The first-order chi connectivity index (χ1) is 18.9. The van der Waals surface area contributed by atoms with Gasteiger partial charge in [0.2, 0.25) is 0 Å². The third-order valence-electron chi connectivity index (χ3n) is 7.76. The summed E-state index contributed by atoms with van der Waals surface area (Å²) in [6, 6.07) is 14.4. The van der Waals surface area contributed by atoms with E-state index in [1.807, 2.05) is 31.2 Å². The fourth-order valence-electron chi connectivity index (χ4n) is 5.79. The Morgan fingerprint density at radius 3 is 2.38 bits per heavy atom. The molecular weight excluding hydrogens is 499 g/mol. The van der Waals surface area contributed by atoms with Crippen molar-refractivity contribution in [2.24, 2.45) is 0 Å². The normalized spacial score (nSPS) is 19.9. The number of carbonyl (C=O) groups excluding carboxylic acids is 2. The predicted octanol–water partition coefficient (Wildman–Crippen LogP) is 4.41. The van der Waals surface area contributed by atoms with Crippen LogP contribution in [0, 0.1) is 12.7 Å². The molecule has 9 heteroatoms. The summed E-state index contributed by atoms with van der Waals surface area (Å²) in [5.41, 5.74) is 2.55. The number of nitrogens with zero attached hydrogens (tertiary/aromatic N) is 2. The molecule has 5 rings (SSSR count). The van der Waals surface area contributed by atoms with E-state index in [1.54, 1.807) is 25.4 Å². The van der Waals surface area contributed by atoms with Gasteiger partial charge in [-0.3, -0.25) is 9.59 Å². The molecule has 0 unspecified atom stereocenters. The van der Waals surface area contributed by atoms with E-state index in [0.717, 1.165) is 37.1 Å². The molecule has 2 aliphatic heterocycles. The van der Waals surface area contributed by atoms with Crippen molar-refractivity contribution in [2.75, 3.05) is 19.1 Å². The van der Waals surface area contributed by atoms with Gasteiger partial charge in [-0.15, -0.1) is 0 Å². The molecule has 2 fully saturated rings. The van der Waals surface area contributed by atoms with Crippen LogP contribution in [0.1, 0.15) is 57.5 Å². The Balaban J connectivity index is 1.18. The van der Waals surface area contributed by atoms with E-state index in [9.17, 15) is 14.0 Å². The van der Waals surface area contributed by atoms with Crippen LogP contribution in [0.15, 0.2) is 54.7 Å². The molecule has 1 aromatic heterocycles. The Hall–Kier alpha value is -4.14.